The van der Waals surface area contributed by atoms with Gasteiger partial charge in [-0.1, -0.05) is 0 Å². The van der Waals surface area contributed by atoms with E-state index in [1.54, 1.807) is 6.07 Å². The molecule has 3 fully saturated rings. The van der Waals surface area contributed by atoms with E-state index in [2.05, 4.69) is 10.1 Å². The second kappa shape index (κ2) is 5.44. The third-order valence-corrected chi connectivity index (χ3v) is 4.43. The van der Waals surface area contributed by atoms with Crippen molar-refractivity contribution in [2.75, 3.05) is 33.3 Å². The molecule has 20 heavy (non-hydrogen) atoms. The van der Waals surface area contributed by atoms with Crippen LogP contribution in [-0.2, 0) is 0 Å². The third-order valence-electron chi connectivity index (χ3n) is 4.43. The van der Waals surface area contributed by atoms with Crippen LogP contribution < -0.4 is 4.74 Å². The van der Waals surface area contributed by atoms with Gasteiger partial charge < -0.3 is 19.1 Å². The van der Waals surface area contributed by atoms with Crippen molar-refractivity contribution in [1.29, 1.82) is 0 Å². The highest BCUT2D eigenvalue weighted by molar-refractivity contribution is 5.91. The van der Waals surface area contributed by atoms with Crippen LogP contribution in [0.1, 0.15) is 30.3 Å². The maximum absolute atomic E-state index is 12.5. The summed E-state index contributed by atoms with van der Waals surface area (Å²) < 4.78 is 10.3. The van der Waals surface area contributed by atoms with Gasteiger partial charge in [0.1, 0.15) is 0 Å². The molecule has 0 N–H and O–H groups in total. The molecule has 3 saturated heterocycles. The summed E-state index contributed by atoms with van der Waals surface area (Å²) in [4.78, 5) is 16.7. The number of ether oxygens (including phenoxy) is 1. The number of rotatable bonds is 4. The molecule has 6 heteroatoms. The minimum Gasteiger partial charge on any atom is -0.476 e. The highest BCUT2D eigenvalue weighted by atomic mass is 16.5. The lowest BCUT2D eigenvalue weighted by atomic mass is 9.83. The Labute approximate surface area is 118 Å². The first-order chi connectivity index (χ1) is 9.69. The van der Waals surface area contributed by atoms with Gasteiger partial charge in [-0.25, -0.2) is 0 Å². The van der Waals surface area contributed by atoms with E-state index in [0.717, 1.165) is 6.54 Å². The largest absolute Gasteiger partial charge is 0.476 e. The number of fused-ring (bicyclic) bond motifs is 3. The number of hydrogen-bond donors (Lipinski definition) is 0. The second-order valence-electron chi connectivity index (χ2n) is 5.58. The summed E-state index contributed by atoms with van der Waals surface area (Å²) >= 11 is 0. The Bertz CT molecular complexity index is 480. The molecule has 110 valence electrons. The van der Waals surface area contributed by atoms with Gasteiger partial charge >= 0.3 is 0 Å². The zero-order valence-corrected chi connectivity index (χ0v) is 12.0. The lowest BCUT2D eigenvalue weighted by molar-refractivity contribution is 0.0142. The second-order valence-corrected chi connectivity index (χ2v) is 5.58. The minimum absolute atomic E-state index is 0.109. The van der Waals surface area contributed by atoms with E-state index < -0.39 is 0 Å². The first-order valence-electron chi connectivity index (χ1n) is 7.28. The van der Waals surface area contributed by atoms with Crippen LogP contribution in [0.15, 0.2) is 10.6 Å². The van der Waals surface area contributed by atoms with E-state index in [0.29, 0.717) is 18.4 Å². The highest BCUT2D eigenvalue weighted by Crippen LogP contribution is 2.31. The quantitative estimate of drug-likeness (QED) is 0.830. The summed E-state index contributed by atoms with van der Waals surface area (Å²) in [6.45, 7) is 5.69. The van der Waals surface area contributed by atoms with Gasteiger partial charge in [0.25, 0.3) is 11.8 Å². The Morgan fingerprint density at radius 2 is 2.30 bits per heavy atom. The van der Waals surface area contributed by atoms with Crippen LogP contribution in [0.5, 0.6) is 5.88 Å². The molecule has 4 heterocycles. The summed E-state index contributed by atoms with van der Waals surface area (Å²) in [7, 11) is 1.86. The van der Waals surface area contributed by atoms with E-state index in [1.165, 1.54) is 25.9 Å². The van der Waals surface area contributed by atoms with E-state index in [-0.39, 0.29) is 17.7 Å². The van der Waals surface area contributed by atoms with Gasteiger partial charge in [-0.15, -0.1) is 0 Å². The highest BCUT2D eigenvalue weighted by Gasteiger charge is 2.38. The molecule has 1 unspecified atom stereocenters. The molecule has 6 nitrogen and oxygen atoms in total. The van der Waals surface area contributed by atoms with Crippen molar-refractivity contribution in [1.82, 2.24) is 15.0 Å². The van der Waals surface area contributed by atoms with Crippen LogP contribution in [0.25, 0.3) is 0 Å². The number of carbonyl (C=O) groups is 1. The molecule has 1 aromatic rings. The first-order valence-corrected chi connectivity index (χ1v) is 7.28. The van der Waals surface area contributed by atoms with Crippen LogP contribution >= 0.6 is 0 Å². The summed E-state index contributed by atoms with van der Waals surface area (Å²) in [5.41, 5.74) is 0. The average molecular weight is 279 g/mol. The topological polar surface area (TPSA) is 58.8 Å². The van der Waals surface area contributed by atoms with Crippen LogP contribution in [0, 0.1) is 5.92 Å². The Hall–Kier alpha value is -1.56. The van der Waals surface area contributed by atoms with Gasteiger partial charge in [-0.3, -0.25) is 4.79 Å². The predicted molar refractivity (Wildman–Crippen MR) is 72.7 cm³/mol. The molecule has 0 radical (unpaired) electrons. The minimum atomic E-state index is -0.109. The molecule has 1 amide bonds. The monoisotopic (exact) mass is 279 g/mol. The van der Waals surface area contributed by atoms with Crippen molar-refractivity contribution < 1.29 is 14.1 Å². The molecule has 0 aromatic carbocycles. The summed E-state index contributed by atoms with van der Waals surface area (Å²) in [5.74, 6) is 1.14. The number of amides is 1. The average Bonchev–Trinajstić information content (AvgIpc) is 2.96. The molecule has 1 aromatic heterocycles. The summed E-state index contributed by atoms with van der Waals surface area (Å²) in [6.07, 6.45) is 2.37. The van der Waals surface area contributed by atoms with Crippen LogP contribution in [0.3, 0.4) is 0 Å². The van der Waals surface area contributed by atoms with Crippen LogP contribution in [-0.4, -0.2) is 60.2 Å². The molecular weight excluding hydrogens is 258 g/mol. The fourth-order valence-electron chi connectivity index (χ4n) is 3.27. The number of piperidine rings is 3. The summed E-state index contributed by atoms with van der Waals surface area (Å²) in [6, 6.07) is 1.86. The lowest BCUT2D eigenvalue weighted by Crippen LogP contribution is -2.57. The van der Waals surface area contributed by atoms with E-state index >= 15 is 0 Å². The Kier molecular flexibility index (Phi) is 3.65. The van der Waals surface area contributed by atoms with E-state index in [9.17, 15) is 4.79 Å². The molecule has 1 atom stereocenters. The van der Waals surface area contributed by atoms with E-state index in [4.69, 9.17) is 9.26 Å². The van der Waals surface area contributed by atoms with Crippen LogP contribution in [0.2, 0.25) is 0 Å². The standard InChI is InChI=1S/C14H21N3O3/c1-3-19-13-8-12(20-15-13)14(18)16(2)11-9-17-6-4-10(11)5-7-17/h8,10-11H,3-7,9H2,1-2H3. The normalized spacial score (nSPS) is 28.4. The molecule has 0 spiro atoms. The van der Waals surface area contributed by atoms with Gasteiger partial charge in [0.2, 0.25) is 5.76 Å². The number of hydrogen-bond acceptors (Lipinski definition) is 5. The van der Waals surface area contributed by atoms with Gasteiger partial charge in [0.05, 0.1) is 12.7 Å². The molecule has 2 bridgehead atoms. The van der Waals surface area contributed by atoms with Crippen molar-refractivity contribution in [2.45, 2.75) is 25.8 Å². The fourth-order valence-corrected chi connectivity index (χ4v) is 3.27. The molecule has 3 aliphatic rings. The number of likely N-dealkylation sites (N-methyl/N-ethyl adjacent to an activating group) is 1. The van der Waals surface area contributed by atoms with Crippen molar-refractivity contribution in [3.63, 3.8) is 0 Å². The van der Waals surface area contributed by atoms with Crippen molar-refractivity contribution >= 4 is 5.91 Å². The maximum atomic E-state index is 12.5. The van der Waals surface area contributed by atoms with Crippen molar-refractivity contribution in [3.05, 3.63) is 11.8 Å². The van der Waals surface area contributed by atoms with Gasteiger partial charge in [0.15, 0.2) is 0 Å². The van der Waals surface area contributed by atoms with Gasteiger partial charge in [-0.2, -0.15) is 0 Å². The number of nitrogens with zero attached hydrogens (tertiary/aromatic N) is 3. The fraction of sp³-hybridized carbons (Fsp3) is 0.714. The Morgan fingerprint density at radius 3 is 2.90 bits per heavy atom. The first kappa shape index (κ1) is 13.4. The van der Waals surface area contributed by atoms with Crippen molar-refractivity contribution in [3.8, 4) is 5.88 Å². The Balaban J connectivity index is 1.69. The molecule has 4 rings (SSSR count). The zero-order valence-electron chi connectivity index (χ0n) is 12.0. The number of carbonyl (C=O) groups excluding carboxylic acids is 1. The van der Waals surface area contributed by atoms with Crippen molar-refractivity contribution in [2.24, 2.45) is 5.92 Å². The van der Waals surface area contributed by atoms with Crippen LogP contribution in [0.4, 0.5) is 0 Å². The summed E-state index contributed by atoms with van der Waals surface area (Å²) in [5, 5.41) is 3.75. The molecule has 3 aliphatic heterocycles. The molecule has 0 aliphatic carbocycles. The van der Waals surface area contributed by atoms with Gasteiger partial charge in [-0.05, 0) is 43.9 Å². The van der Waals surface area contributed by atoms with Gasteiger partial charge in [0, 0.05) is 19.6 Å². The molecule has 0 saturated carbocycles. The predicted octanol–water partition coefficient (Wildman–Crippen LogP) is 1.24. The zero-order chi connectivity index (χ0) is 14.1. The lowest BCUT2D eigenvalue weighted by Gasteiger charge is -2.47. The maximum Gasteiger partial charge on any atom is 0.292 e. The SMILES string of the molecule is CCOc1cc(C(=O)N(C)C2CN3CCC2CC3)on1. The third kappa shape index (κ3) is 2.40. The molecular formula is C14H21N3O3. The van der Waals surface area contributed by atoms with E-state index in [1.807, 2.05) is 18.9 Å². The Morgan fingerprint density at radius 1 is 1.55 bits per heavy atom. The smallest absolute Gasteiger partial charge is 0.292 e. The number of aromatic nitrogens is 1.